The zero-order chi connectivity index (χ0) is 10.4. The first-order chi connectivity index (χ1) is 6.74. The molecule has 1 aliphatic heterocycles. The van der Waals surface area contributed by atoms with Gasteiger partial charge in [-0.15, -0.1) is 0 Å². The fourth-order valence-electron chi connectivity index (χ4n) is 1.60. The molecule has 1 heterocycles. The van der Waals surface area contributed by atoms with Gasteiger partial charge < -0.3 is 15.7 Å². The number of amides is 1. The van der Waals surface area contributed by atoms with Crippen molar-refractivity contribution in [3.63, 3.8) is 0 Å². The number of hydrogen-bond acceptors (Lipinski definition) is 3. The van der Waals surface area contributed by atoms with Crippen LogP contribution in [0.4, 0.5) is 0 Å². The Bertz CT molecular complexity index is 179. The topological polar surface area (TPSA) is 61.4 Å². The fourth-order valence-corrected chi connectivity index (χ4v) is 1.60. The lowest BCUT2D eigenvalue weighted by molar-refractivity contribution is -0.122. The Morgan fingerprint density at radius 3 is 3.07 bits per heavy atom. The van der Waals surface area contributed by atoms with Crippen molar-refractivity contribution < 1.29 is 9.90 Å². The minimum Gasteiger partial charge on any atom is -0.393 e. The van der Waals surface area contributed by atoms with Crippen LogP contribution in [0.1, 0.15) is 32.6 Å². The summed E-state index contributed by atoms with van der Waals surface area (Å²) in [6, 6.07) is -0.00577. The summed E-state index contributed by atoms with van der Waals surface area (Å²) in [5.41, 5.74) is 0. The molecule has 0 aromatic carbocycles. The van der Waals surface area contributed by atoms with E-state index in [0.717, 1.165) is 25.8 Å². The standard InChI is InChI=1S/C10H20N2O2/c1-2-8(13)5-7-12-10(14)9-4-3-6-11-9/h8-9,11,13H,2-7H2,1H3,(H,12,14)/t8?,9-/m1/s1. The number of rotatable bonds is 5. The van der Waals surface area contributed by atoms with E-state index in [-0.39, 0.29) is 18.1 Å². The third kappa shape index (κ3) is 3.64. The van der Waals surface area contributed by atoms with Crippen LogP contribution in [0.5, 0.6) is 0 Å². The van der Waals surface area contributed by atoms with Crippen LogP contribution in [0.15, 0.2) is 0 Å². The van der Waals surface area contributed by atoms with E-state index in [2.05, 4.69) is 10.6 Å². The molecule has 0 radical (unpaired) electrons. The maximum atomic E-state index is 11.5. The maximum Gasteiger partial charge on any atom is 0.237 e. The molecule has 0 aromatic heterocycles. The predicted molar refractivity (Wildman–Crippen MR) is 54.9 cm³/mol. The Morgan fingerprint density at radius 2 is 2.50 bits per heavy atom. The SMILES string of the molecule is CCC(O)CCNC(=O)[C@H]1CCCN1. The third-order valence-electron chi connectivity index (χ3n) is 2.62. The predicted octanol–water partition coefficient (Wildman–Crippen LogP) is 0.0156. The second-order valence-corrected chi connectivity index (χ2v) is 3.79. The summed E-state index contributed by atoms with van der Waals surface area (Å²) in [7, 11) is 0. The third-order valence-corrected chi connectivity index (χ3v) is 2.62. The summed E-state index contributed by atoms with van der Waals surface area (Å²) in [5, 5.41) is 15.2. The van der Waals surface area contributed by atoms with Crippen molar-refractivity contribution in [2.45, 2.75) is 44.8 Å². The van der Waals surface area contributed by atoms with Crippen molar-refractivity contribution >= 4 is 5.91 Å². The molecule has 1 rings (SSSR count). The summed E-state index contributed by atoms with van der Waals surface area (Å²) in [6.45, 7) is 3.45. The summed E-state index contributed by atoms with van der Waals surface area (Å²) >= 11 is 0. The summed E-state index contributed by atoms with van der Waals surface area (Å²) < 4.78 is 0. The van der Waals surface area contributed by atoms with Crippen molar-refractivity contribution in [2.24, 2.45) is 0 Å². The first-order valence-electron chi connectivity index (χ1n) is 5.43. The largest absolute Gasteiger partial charge is 0.393 e. The number of aliphatic hydroxyl groups is 1. The molecule has 4 heteroatoms. The number of hydrogen-bond donors (Lipinski definition) is 3. The highest BCUT2D eigenvalue weighted by molar-refractivity contribution is 5.81. The monoisotopic (exact) mass is 200 g/mol. The molecule has 1 aliphatic rings. The van der Waals surface area contributed by atoms with Gasteiger partial charge in [-0.3, -0.25) is 4.79 Å². The maximum absolute atomic E-state index is 11.5. The van der Waals surface area contributed by atoms with Crippen LogP contribution in [0, 0.1) is 0 Å². The van der Waals surface area contributed by atoms with Crippen LogP contribution in [0.25, 0.3) is 0 Å². The molecule has 1 unspecified atom stereocenters. The van der Waals surface area contributed by atoms with Gasteiger partial charge in [-0.25, -0.2) is 0 Å². The molecule has 0 bridgehead atoms. The normalized spacial score (nSPS) is 23.4. The van der Waals surface area contributed by atoms with Gasteiger partial charge in [-0.1, -0.05) is 6.92 Å². The molecular formula is C10H20N2O2. The summed E-state index contributed by atoms with van der Waals surface area (Å²) in [4.78, 5) is 11.5. The van der Waals surface area contributed by atoms with Crippen LogP contribution in [-0.4, -0.2) is 36.2 Å². The van der Waals surface area contributed by atoms with Gasteiger partial charge >= 0.3 is 0 Å². The van der Waals surface area contributed by atoms with E-state index in [1.165, 1.54) is 0 Å². The van der Waals surface area contributed by atoms with Gasteiger partial charge in [-0.2, -0.15) is 0 Å². The van der Waals surface area contributed by atoms with E-state index >= 15 is 0 Å². The van der Waals surface area contributed by atoms with E-state index < -0.39 is 0 Å². The minimum absolute atomic E-state index is 0.00577. The molecular weight excluding hydrogens is 180 g/mol. The van der Waals surface area contributed by atoms with Crippen molar-refractivity contribution in [1.29, 1.82) is 0 Å². The highest BCUT2D eigenvalue weighted by Crippen LogP contribution is 2.04. The second-order valence-electron chi connectivity index (χ2n) is 3.79. The molecule has 82 valence electrons. The smallest absolute Gasteiger partial charge is 0.237 e. The molecule has 1 fully saturated rings. The number of nitrogens with one attached hydrogen (secondary N) is 2. The van der Waals surface area contributed by atoms with Gasteiger partial charge in [0.25, 0.3) is 0 Å². The van der Waals surface area contributed by atoms with Crippen LogP contribution < -0.4 is 10.6 Å². The van der Waals surface area contributed by atoms with E-state index in [1.807, 2.05) is 6.92 Å². The highest BCUT2D eigenvalue weighted by Gasteiger charge is 2.21. The molecule has 0 aromatic rings. The van der Waals surface area contributed by atoms with Crippen LogP contribution in [0.3, 0.4) is 0 Å². The molecule has 1 amide bonds. The Labute approximate surface area is 85.1 Å². The quantitative estimate of drug-likeness (QED) is 0.586. The lowest BCUT2D eigenvalue weighted by Crippen LogP contribution is -2.41. The first kappa shape index (κ1) is 11.5. The molecule has 1 saturated heterocycles. The molecule has 2 atom stereocenters. The van der Waals surface area contributed by atoms with Crippen molar-refractivity contribution in [1.82, 2.24) is 10.6 Å². The molecule has 3 N–H and O–H groups in total. The van der Waals surface area contributed by atoms with E-state index in [9.17, 15) is 9.90 Å². The molecule has 14 heavy (non-hydrogen) atoms. The Balaban J connectivity index is 2.08. The van der Waals surface area contributed by atoms with E-state index in [1.54, 1.807) is 0 Å². The van der Waals surface area contributed by atoms with Crippen LogP contribution in [-0.2, 0) is 4.79 Å². The summed E-state index contributed by atoms with van der Waals surface area (Å²) in [6.07, 6.45) is 3.12. The van der Waals surface area contributed by atoms with Crippen LogP contribution >= 0.6 is 0 Å². The van der Waals surface area contributed by atoms with Crippen molar-refractivity contribution in [3.8, 4) is 0 Å². The van der Waals surface area contributed by atoms with Crippen molar-refractivity contribution in [3.05, 3.63) is 0 Å². The average Bonchev–Trinajstić information content (AvgIpc) is 2.70. The number of carbonyl (C=O) groups excluding carboxylic acids is 1. The highest BCUT2D eigenvalue weighted by atomic mass is 16.3. The lowest BCUT2D eigenvalue weighted by atomic mass is 10.2. The van der Waals surface area contributed by atoms with Gasteiger partial charge in [-0.05, 0) is 32.2 Å². The van der Waals surface area contributed by atoms with Crippen LogP contribution in [0.2, 0.25) is 0 Å². The lowest BCUT2D eigenvalue weighted by Gasteiger charge is -2.12. The van der Waals surface area contributed by atoms with Gasteiger partial charge in [0.1, 0.15) is 0 Å². The summed E-state index contributed by atoms with van der Waals surface area (Å²) in [5.74, 6) is 0.0748. The fraction of sp³-hybridized carbons (Fsp3) is 0.900. The number of aliphatic hydroxyl groups excluding tert-OH is 1. The molecule has 0 spiro atoms. The van der Waals surface area contributed by atoms with E-state index in [4.69, 9.17) is 0 Å². The zero-order valence-corrected chi connectivity index (χ0v) is 8.75. The first-order valence-corrected chi connectivity index (χ1v) is 5.43. The van der Waals surface area contributed by atoms with E-state index in [0.29, 0.717) is 13.0 Å². The zero-order valence-electron chi connectivity index (χ0n) is 8.75. The Morgan fingerprint density at radius 1 is 1.71 bits per heavy atom. The number of carbonyl (C=O) groups is 1. The molecule has 0 aliphatic carbocycles. The van der Waals surface area contributed by atoms with Crippen molar-refractivity contribution in [2.75, 3.05) is 13.1 Å². The second kappa shape index (κ2) is 5.98. The van der Waals surface area contributed by atoms with Gasteiger partial charge in [0.15, 0.2) is 0 Å². The van der Waals surface area contributed by atoms with Gasteiger partial charge in [0.05, 0.1) is 12.1 Å². The van der Waals surface area contributed by atoms with Gasteiger partial charge in [0.2, 0.25) is 5.91 Å². The molecule has 0 saturated carbocycles. The van der Waals surface area contributed by atoms with Gasteiger partial charge in [0, 0.05) is 6.54 Å². The minimum atomic E-state index is -0.285. The Kier molecular flexibility index (Phi) is 4.90. The Hall–Kier alpha value is -0.610. The average molecular weight is 200 g/mol. The molecule has 4 nitrogen and oxygen atoms in total.